The fraction of sp³-hybridized carbons (Fsp3) is 0.700. The molecule has 0 unspecified atom stereocenters. The Kier molecular flexibility index (Phi) is 4.72. The second-order valence-corrected chi connectivity index (χ2v) is 7.90. The van der Waals surface area contributed by atoms with Crippen LogP contribution in [0.15, 0.2) is 18.3 Å². The Hall–Kier alpha value is -1.58. The van der Waals surface area contributed by atoms with Crippen molar-refractivity contribution in [1.82, 2.24) is 10.3 Å². The van der Waals surface area contributed by atoms with Crippen molar-refractivity contribution in [1.29, 1.82) is 0 Å². The first kappa shape index (κ1) is 15.9. The van der Waals surface area contributed by atoms with Gasteiger partial charge in [-0.25, -0.2) is 4.98 Å². The third kappa shape index (κ3) is 3.28. The van der Waals surface area contributed by atoms with Crippen LogP contribution < -0.4 is 10.2 Å². The molecule has 2 aliphatic carbocycles. The SMILES string of the molecule is O=C(NCC[C@@H]1C[C@H]2CC[C@@H]1C2)c1cccnc1N1CCCCC1. The molecule has 4 heteroatoms. The second-order valence-electron chi connectivity index (χ2n) is 7.90. The van der Waals surface area contributed by atoms with Crippen molar-refractivity contribution in [2.75, 3.05) is 24.5 Å². The minimum absolute atomic E-state index is 0.0480. The van der Waals surface area contributed by atoms with Crippen LogP contribution >= 0.6 is 0 Å². The molecule has 2 heterocycles. The summed E-state index contributed by atoms with van der Waals surface area (Å²) >= 11 is 0. The van der Waals surface area contributed by atoms with Gasteiger partial charge in [-0.05, 0) is 74.8 Å². The van der Waals surface area contributed by atoms with Crippen LogP contribution in [-0.2, 0) is 0 Å². The van der Waals surface area contributed by atoms with E-state index in [1.807, 2.05) is 12.1 Å². The van der Waals surface area contributed by atoms with E-state index in [1.54, 1.807) is 6.20 Å². The van der Waals surface area contributed by atoms with Crippen LogP contribution in [0.2, 0.25) is 0 Å². The van der Waals surface area contributed by atoms with Gasteiger partial charge in [-0.3, -0.25) is 4.79 Å². The molecule has 3 atom stereocenters. The summed E-state index contributed by atoms with van der Waals surface area (Å²) in [6, 6.07) is 3.79. The number of aromatic nitrogens is 1. The van der Waals surface area contributed by atoms with Crippen molar-refractivity contribution in [2.45, 2.75) is 51.4 Å². The molecule has 0 aromatic carbocycles. The summed E-state index contributed by atoms with van der Waals surface area (Å²) in [6.07, 6.45) is 12.3. The Morgan fingerprint density at radius 1 is 1.21 bits per heavy atom. The van der Waals surface area contributed by atoms with Crippen LogP contribution in [0.5, 0.6) is 0 Å². The molecule has 2 saturated carbocycles. The summed E-state index contributed by atoms with van der Waals surface area (Å²) in [5.41, 5.74) is 0.743. The summed E-state index contributed by atoms with van der Waals surface area (Å²) in [7, 11) is 0. The minimum atomic E-state index is 0.0480. The lowest BCUT2D eigenvalue weighted by Gasteiger charge is -2.29. The van der Waals surface area contributed by atoms with Gasteiger partial charge in [0.05, 0.1) is 5.56 Å². The highest BCUT2D eigenvalue weighted by molar-refractivity contribution is 5.98. The summed E-state index contributed by atoms with van der Waals surface area (Å²) in [5, 5.41) is 3.16. The third-order valence-electron chi connectivity index (χ3n) is 6.37. The molecule has 0 spiro atoms. The Labute approximate surface area is 145 Å². The van der Waals surface area contributed by atoms with Crippen molar-refractivity contribution in [3.05, 3.63) is 23.9 Å². The summed E-state index contributed by atoms with van der Waals surface area (Å²) in [6.45, 7) is 2.84. The van der Waals surface area contributed by atoms with Gasteiger partial charge in [0, 0.05) is 25.8 Å². The molecule has 3 fully saturated rings. The number of amides is 1. The summed E-state index contributed by atoms with van der Waals surface area (Å²) < 4.78 is 0. The van der Waals surface area contributed by atoms with Crippen molar-refractivity contribution in [3.63, 3.8) is 0 Å². The smallest absolute Gasteiger partial charge is 0.255 e. The first-order valence-electron chi connectivity index (χ1n) is 9.79. The molecule has 2 bridgehead atoms. The Morgan fingerprint density at radius 3 is 2.83 bits per heavy atom. The van der Waals surface area contributed by atoms with E-state index in [9.17, 15) is 4.79 Å². The zero-order valence-electron chi connectivity index (χ0n) is 14.5. The maximum atomic E-state index is 12.7. The van der Waals surface area contributed by atoms with Gasteiger partial charge in [0.15, 0.2) is 0 Å². The highest BCUT2D eigenvalue weighted by Crippen LogP contribution is 2.49. The van der Waals surface area contributed by atoms with E-state index in [1.165, 1.54) is 44.9 Å². The lowest BCUT2D eigenvalue weighted by atomic mass is 9.86. The van der Waals surface area contributed by atoms with Gasteiger partial charge in [0.1, 0.15) is 5.82 Å². The molecule has 3 aliphatic rings. The topological polar surface area (TPSA) is 45.2 Å². The molecular formula is C20H29N3O. The van der Waals surface area contributed by atoms with E-state index < -0.39 is 0 Å². The molecular weight excluding hydrogens is 298 g/mol. The maximum Gasteiger partial charge on any atom is 0.255 e. The van der Waals surface area contributed by atoms with Crippen LogP contribution in [-0.4, -0.2) is 30.5 Å². The van der Waals surface area contributed by atoms with E-state index in [2.05, 4.69) is 15.2 Å². The third-order valence-corrected chi connectivity index (χ3v) is 6.37. The van der Waals surface area contributed by atoms with Gasteiger partial charge in [0.2, 0.25) is 0 Å². The molecule has 130 valence electrons. The van der Waals surface area contributed by atoms with Crippen LogP contribution in [0.3, 0.4) is 0 Å². The molecule has 4 nitrogen and oxygen atoms in total. The normalized spacial score (nSPS) is 29.0. The van der Waals surface area contributed by atoms with E-state index in [0.29, 0.717) is 0 Å². The van der Waals surface area contributed by atoms with E-state index >= 15 is 0 Å². The number of hydrogen-bond acceptors (Lipinski definition) is 3. The highest BCUT2D eigenvalue weighted by Gasteiger charge is 2.38. The minimum Gasteiger partial charge on any atom is -0.356 e. The van der Waals surface area contributed by atoms with Crippen molar-refractivity contribution in [3.8, 4) is 0 Å². The number of nitrogens with zero attached hydrogens (tertiary/aromatic N) is 2. The molecule has 1 saturated heterocycles. The maximum absolute atomic E-state index is 12.7. The molecule has 0 radical (unpaired) electrons. The molecule has 4 rings (SSSR count). The predicted molar refractivity (Wildman–Crippen MR) is 96.2 cm³/mol. The van der Waals surface area contributed by atoms with Gasteiger partial charge < -0.3 is 10.2 Å². The van der Waals surface area contributed by atoms with Crippen molar-refractivity contribution < 1.29 is 4.79 Å². The number of anilines is 1. The predicted octanol–water partition coefficient (Wildman–Crippen LogP) is 3.63. The van der Waals surface area contributed by atoms with Gasteiger partial charge in [-0.1, -0.05) is 6.42 Å². The largest absolute Gasteiger partial charge is 0.356 e. The summed E-state index contributed by atoms with van der Waals surface area (Å²) in [4.78, 5) is 19.4. The molecule has 1 N–H and O–H groups in total. The lowest BCUT2D eigenvalue weighted by molar-refractivity contribution is 0.0950. The number of hydrogen-bond donors (Lipinski definition) is 1. The first-order valence-corrected chi connectivity index (χ1v) is 9.79. The molecule has 1 aliphatic heterocycles. The zero-order chi connectivity index (χ0) is 16.4. The molecule has 1 amide bonds. The first-order chi connectivity index (χ1) is 11.8. The van der Waals surface area contributed by atoms with Crippen LogP contribution in [0, 0.1) is 17.8 Å². The van der Waals surface area contributed by atoms with Crippen LogP contribution in [0.25, 0.3) is 0 Å². The summed E-state index contributed by atoms with van der Waals surface area (Å²) in [5.74, 6) is 3.69. The fourth-order valence-corrected chi connectivity index (χ4v) is 5.13. The molecule has 1 aromatic heterocycles. The standard InChI is InChI=1S/C20H29N3O/c24-20(22-10-8-17-14-15-6-7-16(17)13-15)18-5-4-9-21-19(18)23-11-2-1-3-12-23/h4-5,9,15-17H,1-3,6-8,10-14H2,(H,22,24)/t15-,16+,17+/m0/s1. The van der Waals surface area contributed by atoms with Crippen LogP contribution in [0.1, 0.15) is 61.7 Å². The monoisotopic (exact) mass is 327 g/mol. The fourth-order valence-electron chi connectivity index (χ4n) is 5.13. The van der Waals surface area contributed by atoms with E-state index in [4.69, 9.17) is 0 Å². The second kappa shape index (κ2) is 7.12. The molecule has 24 heavy (non-hydrogen) atoms. The Morgan fingerprint density at radius 2 is 2.08 bits per heavy atom. The number of fused-ring (bicyclic) bond motifs is 2. The van der Waals surface area contributed by atoms with Gasteiger partial charge in [0.25, 0.3) is 5.91 Å². The number of carbonyl (C=O) groups excluding carboxylic acids is 1. The highest BCUT2D eigenvalue weighted by atomic mass is 16.1. The number of piperidine rings is 1. The average Bonchev–Trinajstić information content (AvgIpc) is 3.25. The number of pyridine rings is 1. The van der Waals surface area contributed by atoms with Gasteiger partial charge in [-0.15, -0.1) is 0 Å². The van der Waals surface area contributed by atoms with Gasteiger partial charge in [-0.2, -0.15) is 0 Å². The van der Waals surface area contributed by atoms with Gasteiger partial charge >= 0.3 is 0 Å². The lowest BCUT2D eigenvalue weighted by Crippen LogP contribution is -2.34. The average molecular weight is 327 g/mol. The van der Waals surface area contributed by atoms with E-state index in [0.717, 1.165) is 55.2 Å². The Bertz CT molecular complexity index is 582. The van der Waals surface area contributed by atoms with Crippen molar-refractivity contribution in [2.24, 2.45) is 17.8 Å². The number of rotatable bonds is 5. The van der Waals surface area contributed by atoms with Crippen molar-refractivity contribution >= 4 is 11.7 Å². The Balaban J connectivity index is 1.34. The van der Waals surface area contributed by atoms with E-state index in [-0.39, 0.29) is 5.91 Å². The molecule has 1 aromatic rings. The van der Waals surface area contributed by atoms with Crippen LogP contribution in [0.4, 0.5) is 5.82 Å². The quantitative estimate of drug-likeness (QED) is 0.898. The number of carbonyl (C=O) groups is 1. The number of nitrogens with one attached hydrogen (secondary N) is 1. The zero-order valence-corrected chi connectivity index (χ0v) is 14.5.